The molecular weight excluding hydrogens is 240 g/mol. The van der Waals surface area contributed by atoms with E-state index in [0.717, 1.165) is 13.0 Å². The van der Waals surface area contributed by atoms with Crippen LogP contribution in [0.2, 0.25) is 0 Å². The van der Waals surface area contributed by atoms with Gasteiger partial charge in [-0.3, -0.25) is 0 Å². The lowest BCUT2D eigenvalue weighted by molar-refractivity contribution is 0.0575. The average molecular weight is 255 g/mol. The van der Waals surface area contributed by atoms with E-state index in [2.05, 4.69) is 9.97 Å². The van der Waals surface area contributed by atoms with E-state index in [1.54, 1.807) is 6.07 Å². The minimum absolute atomic E-state index is 0.0126. The third kappa shape index (κ3) is 1.71. The van der Waals surface area contributed by atoms with Crippen LogP contribution in [0, 0.1) is 5.41 Å². The second-order valence-electron chi connectivity index (χ2n) is 5.11. The second-order valence-corrected chi connectivity index (χ2v) is 5.11. The van der Waals surface area contributed by atoms with Gasteiger partial charge in [0, 0.05) is 25.6 Å². The standard InChI is InChI=1S/C12H15F2N3O/c1-18-10-5-9(15-8-16-10)17-4-2-3-11(7-17)6-12(11,13)14/h5,8H,2-4,6-7H2,1H3. The predicted octanol–water partition coefficient (Wildman–Crippen LogP) is 2.11. The van der Waals surface area contributed by atoms with Gasteiger partial charge in [0.25, 0.3) is 5.92 Å². The molecule has 1 aromatic heterocycles. The number of aromatic nitrogens is 2. The first-order chi connectivity index (χ1) is 8.56. The predicted molar refractivity (Wildman–Crippen MR) is 62.0 cm³/mol. The van der Waals surface area contributed by atoms with Crippen molar-refractivity contribution in [2.75, 3.05) is 25.1 Å². The molecule has 1 atom stereocenters. The van der Waals surface area contributed by atoms with Crippen LogP contribution in [0.25, 0.3) is 0 Å². The summed E-state index contributed by atoms with van der Waals surface area (Å²) in [5.41, 5.74) is -0.816. The number of rotatable bonds is 2. The molecule has 2 heterocycles. The molecule has 2 aliphatic rings. The molecular formula is C12H15F2N3O. The molecule has 3 rings (SSSR count). The Morgan fingerprint density at radius 3 is 2.83 bits per heavy atom. The van der Waals surface area contributed by atoms with Crippen molar-refractivity contribution < 1.29 is 13.5 Å². The first-order valence-corrected chi connectivity index (χ1v) is 6.05. The highest BCUT2D eigenvalue weighted by Crippen LogP contribution is 2.64. The Kier molecular flexibility index (Phi) is 2.43. The highest BCUT2D eigenvalue weighted by molar-refractivity contribution is 5.43. The molecule has 0 amide bonds. The van der Waals surface area contributed by atoms with Crippen LogP contribution in [-0.2, 0) is 0 Å². The van der Waals surface area contributed by atoms with Gasteiger partial charge in [-0.2, -0.15) is 0 Å². The van der Waals surface area contributed by atoms with Crippen molar-refractivity contribution in [3.8, 4) is 5.88 Å². The Hall–Kier alpha value is -1.46. The van der Waals surface area contributed by atoms with Gasteiger partial charge in [0.1, 0.15) is 12.1 Å². The van der Waals surface area contributed by atoms with Gasteiger partial charge < -0.3 is 9.64 Å². The zero-order valence-electron chi connectivity index (χ0n) is 10.2. The fraction of sp³-hybridized carbons (Fsp3) is 0.667. The molecule has 0 aromatic carbocycles. The normalized spacial score (nSPS) is 29.4. The highest BCUT2D eigenvalue weighted by Gasteiger charge is 2.71. The van der Waals surface area contributed by atoms with Crippen molar-refractivity contribution in [3.05, 3.63) is 12.4 Å². The van der Waals surface area contributed by atoms with Gasteiger partial charge in [-0.15, -0.1) is 0 Å². The van der Waals surface area contributed by atoms with Gasteiger partial charge in [-0.1, -0.05) is 0 Å². The summed E-state index contributed by atoms with van der Waals surface area (Å²) in [5.74, 6) is -1.37. The van der Waals surface area contributed by atoms with Crippen LogP contribution in [-0.4, -0.2) is 36.1 Å². The van der Waals surface area contributed by atoms with Gasteiger partial charge in [0.05, 0.1) is 12.5 Å². The smallest absolute Gasteiger partial charge is 0.256 e. The summed E-state index contributed by atoms with van der Waals surface area (Å²) >= 11 is 0. The molecule has 0 bridgehead atoms. The van der Waals surface area contributed by atoms with E-state index >= 15 is 0 Å². The fourth-order valence-electron chi connectivity index (χ4n) is 2.77. The first-order valence-electron chi connectivity index (χ1n) is 6.05. The molecule has 1 aliphatic heterocycles. The van der Waals surface area contributed by atoms with Crippen molar-refractivity contribution in [1.82, 2.24) is 9.97 Å². The maximum absolute atomic E-state index is 13.4. The lowest BCUT2D eigenvalue weighted by Crippen LogP contribution is -2.39. The summed E-state index contributed by atoms with van der Waals surface area (Å²) in [6, 6.07) is 1.69. The molecule has 98 valence electrons. The van der Waals surface area contributed by atoms with Crippen molar-refractivity contribution in [2.24, 2.45) is 5.41 Å². The first kappa shape index (κ1) is 11.6. The minimum atomic E-state index is -2.50. The number of methoxy groups -OCH3 is 1. The van der Waals surface area contributed by atoms with Crippen molar-refractivity contribution in [3.63, 3.8) is 0 Å². The van der Waals surface area contributed by atoms with E-state index in [4.69, 9.17) is 4.74 Å². The number of piperidine rings is 1. The molecule has 1 aromatic rings. The third-order valence-corrected chi connectivity index (χ3v) is 3.95. The lowest BCUT2D eigenvalue weighted by atomic mass is 9.94. The maximum atomic E-state index is 13.4. The fourth-order valence-corrected chi connectivity index (χ4v) is 2.77. The zero-order chi connectivity index (χ0) is 12.8. The van der Waals surface area contributed by atoms with E-state index in [1.807, 2.05) is 4.90 Å². The van der Waals surface area contributed by atoms with Crippen LogP contribution in [0.5, 0.6) is 5.88 Å². The van der Waals surface area contributed by atoms with Gasteiger partial charge >= 0.3 is 0 Å². The number of nitrogens with zero attached hydrogens (tertiary/aromatic N) is 3. The molecule has 1 aliphatic carbocycles. The Bertz CT molecular complexity index is 468. The number of halogens is 2. The molecule has 0 N–H and O–H groups in total. The molecule has 18 heavy (non-hydrogen) atoms. The Balaban J connectivity index is 1.80. The molecule has 0 radical (unpaired) electrons. The Morgan fingerprint density at radius 2 is 2.17 bits per heavy atom. The number of alkyl halides is 2. The Morgan fingerprint density at radius 1 is 1.39 bits per heavy atom. The molecule has 1 spiro atoms. The van der Waals surface area contributed by atoms with Gasteiger partial charge in [-0.05, 0) is 12.8 Å². The number of hydrogen-bond donors (Lipinski definition) is 0. The second kappa shape index (κ2) is 3.76. The average Bonchev–Trinajstić information content (AvgIpc) is 2.89. The maximum Gasteiger partial charge on any atom is 0.256 e. The number of anilines is 1. The summed E-state index contributed by atoms with van der Waals surface area (Å²) < 4.78 is 31.9. The summed E-state index contributed by atoms with van der Waals surface area (Å²) in [7, 11) is 1.53. The summed E-state index contributed by atoms with van der Waals surface area (Å²) in [4.78, 5) is 9.98. The van der Waals surface area contributed by atoms with Crippen LogP contribution in [0.15, 0.2) is 12.4 Å². The van der Waals surface area contributed by atoms with E-state index < -0.39 is 11.3 Å². The molecule has 6 heteroatoms. The number of ether oxygens (including phenoxy) is 1. The quantitative estimate of drug-likeness (QED) is 0.811. The summed E-state index contributed by atoms with van der Waals surface area (Å²) in [6.07, 6.45) is 2.81. The van der Waals surface area contributed by atoms with Crippen LogP contribution >= 0.6 is 0 Å². The van der Waals surface area contributed by atoms with E-state index in [1.165, 1.54) is 13.4 Å². The van der Waals surface area contributed by atoms with E-state index in [-0.39, 0.29) is 6.42 Å². The topological polar surface area (TPSA) is 38.2 Å². The van der Waals surface area contributed by atoms with Crippen LogP contribution in [0.3, 0.4) is 0 Å². The van der Waals surface area contributed by atoms with Gasteiger partial charge in [-0.25, -0.2) is 18.7 Å². The number of hydrogen-bond acceptors (Lipinski definition) is 4. The van der Waals surface area contributed by atoms with E-state index in [0.29, 0.717) is 24.7 Å². The SMILES string of the molecule is COc1cc(N2CCCC3(C2)CC3(F)F)ncn1. The summed E-state index contributed by atoms with van der Waals surface area (Å²) in [6.45, 7) is 1.14. The molecule has 2 fully saturated rings. The third-order valence-electron chi connectivity index (χ3n) is 3.95. The largest absolute Gasteiger partial charge is 0.481 e. The molecule has 1 unspecified atom stereocenters. The van der Waals surface area contributed by atoms with Crippen LogP contribution < -0.4 is 9.64 Å². The monoisotopic (exact) mass is 255 g/mol. The van der Waals surface area contributed by atoms with Crippen molar-refractivity contribution in [1.29, 1.82) is 0 Å². The summed E-state index contributed by atoms with van der Waals surface area (Å²) in [5, 5.41) is 0. The van der Waals surface area contributed by atoms with Crippen LogP contribution in [0.4, 0.5) is 14.6 Å². The lowest BCUT2D eigenvalue weighted by Gasteiger charge is -2.33. The van der Waals surface area contributed by atoms with Gasteiger partial charge in [0.15, 0.2) is 0 Å². The Labute approximate surface area is 104 Å². The molecule has 1 saturated carbocycles. The van der Waals surface area contributed by atoms with Gasteiger partial charge in [0.2, 0.25) is 5.88 Å². The minimum Gasteiger partial charge on any atom is -0.481 e. The van der Waals surface area contributed by atoms with E-state index in [9.17, 15) is 8.78 Å². The highest BCUT2D eigenvalue weighted by atomic mass is 19.3. The molecule has 4 nitrogen and oxygen atoms in total. The van der Waals surface area contributed by atoms with Crippen molar-refractivity contribution >= 4 is 5.82 Å². The van der Waals surface area contributed by atoms with Crippen molar-refractivity contribution in [2.45, 2.75) is 25.2 Å². The zero-order valence-corrected chi connectivity index (χ0v) is 10.2. The molecule has 1 saturated heterocycles. The van der Waals surface area contributed by atoms with Crippen LogP contribution in [0.1, 0.15) is 19.3 Å².